The molecule has 0 bridgehead atoms. The van der Waals surface area contributed by atoms with Crippen molar-refractivity contribution < 1.29 is 9.53 Å². The molecule has 1 heterocycles. The van der Waals surface area contributed by atoms with Crippen LogP contribution in [0.5, 0.6) is 5.75 Å². The van der Waals surface area contributed by atoms with Crippen LogP contribution in [-0.4, -0.2) is 5.78 Å². The molecule has 3 rings (SSSR count). The van der Waals surface area contributed by atoms with Crippen LogP contribution in [0.4, 0.5) is 0 Å². The Hall–Kier alpha value is -2.35. The molecular formula is C21H22O2. The summed E-state index contributed by atoms with van der Waals surface area (Å²) < 4.78 is 5.84. The summed E-state index contributed by atoms with van der Waals surface area (Å²) in [6.07, 6.45) is 1.90. The third-order valence-corrected chi connectivity index (χ3v) is 5.16. The Labute approximate surface area is 137 Å². The van der Waals surface area contributed by atoms with Gasteiger partial charge in [-0.2, -0.15) is 0 Å². The fourth-order valence-corrected chi connectivity index (χ4v) is 3.17. The van der Waals surface area contributed by atoms with Gasteiger partial charge >= 0.3 is 0 Å². The van der Waals surface area contributed by atoms with Crippen molar-refractivity contribution in [1.29, 1.82) is 0 Å². The highest BCUT2D eigenvalue weighted by Crippen LogP contribution is 2.34. The van der Waals surface area contributed by atoms with Crippen molar-refractivity contribution in [3.8, 4) is 5.75 Å². The molecule has 2 nitrogen and oxygen atoms in total. The lowest BCUT2D eigenvalue weighted by atomic mass is 9.89. The first-order valence-electron chi connectivity index (χ1n) is 7.93. The average molecular weight is 306 g/mol. The summed E-state index contributed by atoms with van der Waals surface area (Å²) >= 11 is 0. The van der Waals surface area contributed by atoms with Crippen LogP contribution >= 0.6 is 0 Å². The molecule has 0 radical (unpaired) electrons. The number of carbonyl (C=O) groups excluding carboxylic acids is 1. The second kappa shape index (κ2) is 5.38. The maximum absolute atomic E-state index is 12.6. The SMILES string of the molecule is Cc1ccc2c(c1)OC(=Cc1c(C)c(C)c(C)c(C)c1C)C2=O. The topological polar surface area (TPSA) is 26.3 Å². The zero-order chi connectivity index (χ0) is 16.9. The summed E-state index contributed by atoms with van der Waals surface area (Å²) in [5, 5.41) is 0. The smallest absolute Gasteiger partial charge is 0.231 e. The molecule has 118 valence electrons. The number of allylic oxidation sites excluding steroid dienone is 1. The quantitative estimate of drug-likeness (QED) is 0.681. The molecule has 0 amide bonds. The van der Waals surface area contributed by atoms with E-state index in [0.29, 0.717) is 17.1 Å². The Morgan fingerprint density at radius 3 is 2.00 bits per heavy atom. The first-order chi connectivity index (χ1) is 10.8. The number of hydrogen-bond donors (Lipinski definition) is 0. The van der Waals surface area contributed by atoms with Gasteiger partial charge in [-0.1, -0.05) is 6.07 Å². The Balaban J connectivity index is 2.13. The molecule has 0 N–H and O–H groups in total. The molecule has 0 saturated heterocycles. The van der Waals surface area contributed by atoms with Crippen LogP contribution in [-0.2, 0) is 0 Å². The van der Waals surface area contributed by atoms with E-state index >= 15 is 0 Å². The predicted molar refractivity (Wildman–Crippen MR) is 94.2 cm³/mol. The van der Waals surface area contributed by atoms with E-state index in [2.05, 4.69) is 34.6 Å². The number of carbonyl (C=O) groups is 1. The summed E-state index contributed by atoms with van der Waals surface area (Å²) in [4.78, 5) is 12.6. The molecule has 0 aliphatic carbocycles. The highest BCUT2D eigenvalue weighted by Gasteiger charge is 2.27. The van der Waals surface area contributed by atoms with Gasteiger partial charge in [-0.25, -0.2) is 0 Å². The van der Waals surface area contributed by atoms with Crippen molar-refractivity contribution in [3.63, 3.8) is 0 Å². The molecule has 2 aromatic carbocycles. The van der Waals surface area contributed by atoms with Gasteiger partial charge in [0.05, 0.1) is 5.56 Å². The van der Waals surface area contributed by atoms with E-state index in [1.165, 1.54) is 27.8 Å². The monoisotopic (exact) mass is 306 g/mol. The number of Topliss-reactive ketones (excluding diaryl/α,β-unsaturated/α-hetero) is 1. The van der Waals surface area contributed by atoms with Gasteiger partial charge in [-0.3, -0.25) is 4.79 Å². The van der Waals surface area contributed by atoms with Crippen LogP contribution in [0.25, 0.3) is 6.08 Å². The molecule has 23 heavy (non-hydrogen) atoms. The molecule has 0 aromatic heterocycles. The van der Waals surface area contributed by atoms with Crippen LogP contribution in [0.15, 0.2) is 24.0 Å². The molecule has 2 aromatic rings. The minimum atomic E-state index is -0.0327. The minimum absolute atomic E-state index is 0.0327. The van der Waals surface area contributed by atoms with E-state index in [0.717, 1.165) is 11.1 Å². The normalized spacial score (nSPS) is 15.0. The first kappa shape index (κ1) is 15.5. The van der Waals surface area contributed by atoms with E-state index in [4.69, 9.17) is 4.74 Å². The zero-order valence-corrected chi connectivity index (χ0v) is 14.6. The highest BCUT2D eigenvalue weighted by molar-refractivity contribution is 6.14. The fourth-order valence-electron chi connectivity index (χ4n) is 3.17. The summed E-state index contributed by atoms with van der Waals surface area (Å²) in [5.41, 5.74) is 9.13. The predicted octanol–water partition coefficient (Wildman–Crippen LogP) is 5.15. The number of fused-ring (bicyclic) bond motifs is 1. The fraction of sp³-hybridized carbons (Fsp3) is 0.286. The summed E-state index contributed by atoms with van der Waals surface area (Å²) in [6, 6.07) is 5.71. The van der Waals surface area contributed by atoms with Gasteiger partial charge in [-0.15, -0.1) is 0 Å². The van der Waals surface area contributed by atoms with Crippen molar-refractivity contribution in [2.45, 2.75) is 41.5 Å². The molecule has 1 aliphatic rings. The van der Waals surface area contributed by atoms with Gasteiger partial charge in [0.1, 0.15) is 5.75 Å². The summed E-state index contributed by atoms with van der Waals surface area (Å²) in [7, 11) is 0. The largest absolute Gasteiger partial charge is 0.452 e. The van der Waals surface area contributed by atoms with Gasteiger partial charge in [0.25, 0.3) is 0 Å². The van der Waals surface area contributed by atoms with E-state index in [1.807, 2.05) is 31.2 Å². The number of hydrogen-bond acceptors (Lipinski definition) is 2. The maximum atomic E-state index is 12.6. The van der Waals surface area contributed by atoms with Crippen molar-refractivity contribution in [1.82, 2.24) is 0 Å². The Morgan fingerprint density at radius 2 is 1.39 bits per heavy atom. The van der Waals surface area contributed by atoms with Gasteiger partial charge in [-0.05, 0) is 98.7 Å². The van der Waals surface area contributed by atoms with Crippen LogP contribution in [0.2, 0.25) is 0 Å². The summed E-state index contributed by atoms with van der Waals surface area (Å²) in [6.45, 7) is 12.6. The lowest BCUT2D eigenvalue weighted by Gasteiger charge is -2.16. The lowest BCUT2D eigenvalue weighted by Crippen LogP contribution is -2.03. The van der Waals surface area contributed by atoms with E-state index < -0.39 is 0 Å². The van der Waals surface area contributed by atoms with Gasteiger partial charge in [0, 0.05) is 0 Å². The van der Waals surface area contributed by atoms with Crippen LogP contribution < -0.4 is 4.74 Å². The highest BCUT2D eigenvalue weighted by atomic mass is 16.5. The molecule has 0 fully saturated rings. The van der Waals surface area contributed by atoms with Crippen molar-refractivity contribution in [2.24, 2.45) is 0 Å². The van der Waals surface area contributed by atoms with Gasteiger partial charge < -0.3 is 4.74 Å². The van der Waals surface area contributed by atoms with Crippen molar-refractivity contribution >= 4 is 11.9 Å². The summed E-state index contributed by atoms with van der Waals surface area (Å²) in [5.74, 6) is 1.05. The Kier molecular flexibility index (Phi) is 3.63. The Bertz CT molecular complexity index is 841. The molecular weight excluding hydrogens is 284 g/mol. The lowest BCUT2D eigenvalue weighted by molar-refractivity contribution is 0.101. The minimum Gasteiger partial charge on any atom is -0.452 e. The molecule has 0 spiro atoms. The van der Waals surface area contributed by atoms with Gasteiger partial charge in [0.2, 0.25) is 5.78 Å². The third-order valence-electron chi connectivity index (χ3n) is 5.16. The number of aryl methyl sites for hydroxylation is 1. The average Bonchev–Trinajstić information content (AvgIpc) is 2.83. The van der Waals surface area contributed by atoms with Crippen LogP contribution in [0.1, 0.15) is 49.3 Å². The zero-order valence-electron chi connectivity index (χ0n) is 14.6. The number of benzene rings is 2. The maximum Gasteiger partial charge on any atom is 0.231 e. The van der Waals surface area contributed by atoms with Crippen molar-refractivity contribution in [2.75, 3.05) is 0 Å². The molecule has 2 heteroatoms. The van der Waals surface area contributed by atoms with E-state index in [9.17, 15) is 4.79 Å². The third kappa shape index (κ3) is 2.39. The first-order valence-corrected chi connectivity index (χ1v) is 7.93. The molecule has 1 aliphatic heterocycles. The second-order valence-corrected chi connectivity index (χ2v) is 6.48. The molecule has 0 atom stereocenters. The molecule has 0 unspecified atom stereocenters. The Morgan fingerprint density at radius 1 is 0.826 bits per heavy atom. The van der Waals surface area contributed by atoms with Crippen LogP contribution in [0.3, 0.4) is 0 Å². The number of ketones is 1. The van der Waals surface area contributed by atoms with Gasteiger partial charge in [0.15, 0.2) is 5.76 Å². The second-order valence-electron chi connectivity index (χ2n) is 6.48. The van der Waals surface area contributed by atoms with Crippen LogP contribution in [0, 0.1) is 41.5 Å². The number of rotatable bonds is 1. The standard InChI is InChI=1S/C21H22O2/c1-11-7-8-17-19(9-11)23-20(21(17)22)10-18-15(5)13(3)12(2)14(4)16(18)6/h7-10H,1-6H3. The molecule has 0 saturated carbocycles. The number of ether oxygens (including phenoxy) is 1. The van der Waals surface area contributed by atoms with E-state index in [1.54, 1.807) is 0 Å². The van der Waals surface area contributed by atoms with Crippen molar-refractivity contribution in [3.05, 3.63) is 68.5 Å². The van der Waals surface area contributed by atoms with E-state index in [-0.39, 0.29) is 5.78 Å².